The maximum atomic E-state index is 13.9. The van der Waals surface area contributed by atoms with Gasteiger partial charge in [-0.15, -0.1) is 20.4 Å². The van der Waals surface area contributed by atoms with Crippen LogP contribution in [-0.4, -0.2) is 60.0 Å². The first-order valence-electron chi connectivity index (χ1n) is 15.2. The molecule has 0 radical (unpaired) electrons. The molecule has 0 aliphatic heterocycles. The van der Waals surface area contributed by atoms with Crippen molar-refractivity contribution < 1.29 is 8.78 Å². The minimum absolute atomic E-state index is 0.365. The molecule has 0 atom stereocenters. The second kappa shape index (κ2) is 13.9. The van der Waals surface area contributed by atoms with Crippen molar-refractivity contribution in [1.82, 2.24) is 60.0 Å². The van der Waals surface area contributed by atoms with Gasteiger partial charge in [-0.25, -0.2) is 18.1 Å². The Morgan fingerprint density at radius 2 is 0.900 bits per heavy atom. The minimum atomic E-state index is -0.365. The standard InChI is InChI=1S/C34H24F2N12S2/c35-25-11-15-27(16-12-25)47-33(29(19-37-47)31-39-43-45(41-31)21-23-7-3-1-4-8-23)49-50-34-30(20-38-48(34)28-17-13-26(36)14-18-28)32-40-44-46(42-32)22-24-9-5-2-6-10-24/h1-20H,21-22H2. The van der Waals surface area contributed by atoms with Crippen LogP contribution in [0.4, 0.5) is 8.78 Å². The zero-order chi connectivity index (χ0) is 33.9. The van der Waals surface area contributed by atoms with E-state index in [1.165, 1.54) is 55.4 Å². The van der Waals surface area contributed by atoms with E-state index >= 15 is 0 Å². The topological polar surface area (TPSA) is 123 Å². The lowest BCUT2D eigenvalue weighted by Crippen LogP contribution is -2.03. The Balaban J connectivity index is 1.16. The molecule has 8 rings (SSSR count). The summed E-state index contributed by atoms with van der Waals surface area (Å²) in [6, 6.07) is 31.7. The molecule has 0 fully saturated rings. The van der Waals surface area contributed by atoms with E-state index in [4.69, 9.17) is 0 Å². The van der Waals surface area contributed by atoms with Gasteiger partial charge in [0.15, 0.2) is 0 Å². The third kappa shape index (κ3) is 6.65. The molecule has 4 aromatic heterocycles. The van der Waals surface area contributed by atoms with Crippen molar-refractivity contribution in [1.29, 1.82) is 0 Å². The maximum Gasteiger partial charge on any atom is 0.209 e. The number of hydrogen-bond acceptors (Lipinski definition) is 10. The Morgan fingerprint density at radius 3 is 1.30 bits per heavy atom. The summed E-state index contributed by atoms with van der Waals surface area (Å²) in [5.41, 5.74) is 4.56. The smallest absolute Gasteiger partial charge is 0.209 e. The lowest BCUT2D eigenvalue weighted by molar-refractivity contribution is 0.573. The van der Waals surface area contributed by atoms with Crippen molar-refractivity contribution in [3.8, 4) is 34.2 Å². The van der Waals surface area contributed by atoms with Gasteiger partial charge in [0.1, 0.15) is 21.7 Å². The Morgan fingerprint density at radius 1 is 0.500 bits per heavy atom. The average Bonchev–Trinajstić information content (AvgIpc) is 3.96. The molecule has 0 spiro atoms. The molecule has 0 bridgehead atoms. The third-order valence-corrected chi connectivity index (χ3v) is 9.90. The minimum Gasteiger partial charge on any atom is -0.226 e. The molecule has 0 saturated carbocycles. The summed E-state index contributed by atoms with van der Waals surface area (Å²) in [6.45, 7) is 0.880. The van der Waals surface area contributed by atoms with Gasteiger partial charge in [0.2, 0.25) is 11.6 Å². The summed E-state index contributed by atoms with van der Waals surface area (Å²) in [5.74, 6) is 0.0112. The molecule has 8 aromatic rings. The van der Waals surface area contributed by atoms with Crippen LogP contribution < -0.4 is 0 Å². The van der Waals surface area contributed by atoms with Gasteiger partial charge in [-0.3, -0.25) is 0 Å². The van der Waals surface area contributed by atoms with Crippen molar-refractivity contribution in [2.75, 3.05) is 0 Å². The van der Waals surface area contributed by atoms with E-state index in [9.17, 15) is 8.78 Å². The summed E-state index contributed by atoms with van der Waals surface area (Å²) in [6.07, 6.45) is 3.32. The predicted molar refractivity (Wildman–Crippen MR) is 183 cm³/mol. The van der Waals surface area contributed by atoms with Gasteiger partial charge < -0.3 is 0 Å². The van der Waals surface area contributed by atoms with E-state index in [0.29, 0.717) is 57.3 Å². The molecule has 0 saturated heterocycles. The number of aromatic nitrogens is 12. The molecule has 0 aliphatic rings. The van der Waals surface area contributed by atoms with Gasteiger partial charge in [0.25, 0.3) is 0 Å². The number of hydrogen-bond donors (Lipinski definition) is 0. The predicted octanol–water partition coefficient (Wildman–Crippen LogP) is 6.54. The van der Waals surface area contributed by atoms with Crippen LogP contribution in [0, 0.1) is 11.6 Å². The monoisotopic (exact) mass is 702 g/mol. The van der Waals surface area contributed by atoms with Gasteiger partial charge in [-0.2, -0.15) is 19.8 Å². The second-order valence-electron chi connectivity index (χ2n) is 10.9. The van der Waals surface area contributed by atoms with E-state index in [-0.39, 0.29) is 11.6 Å². The highest BCUT2D eigenvalue weighted by atomic mass is 33.1. The van der Waals surface area contributed by atoms with Crippen molar-refractivity contribution in [2.45, 2.75) is 23.1 Å². The van der Waals surface area contributed by atoms with Crippen LogP contribution in [0.25, 0.3) is 34.2 Å². The highest BCUT2D eigenvalue weighted by Gasteiger charge is 2.24. The first kappa shape index (κ1) is 31.3. The number of nitrogens with zero attached hydrogens (tertiary/aromatic N) is 12. The molecule has 4 heterocycles. The molecule has 0 aliphatic carbocycles. The van der Waals surface area contributed by atoms with E-state index in [0.717, 1.165) is 11.1 Å². The Bertz CT molecular complexity index is 2190. The highest BCUT2D eigenvalue weighted by molar-refractivity contribution is 8.76. The normalized spacial score (nSPS) is 11.3. The van der Waals surface area contributed by atoms with Crippen molar-refractivity contribution in [3.63, 3.8) is 0 Å². The fraction of sp³-hybridized carbons (Fsp3) is 0.0588. The van der Waals surface area contributed by atoms with Crippen molar-refractivity contribution >= 4 is 21.6 Å². The Labute approximate surface area is 291 Å². The van der Waals surface area contributed by atoms with Gasteiger partial charge in [-0.1, -0.05) is 60.7 Å². The van der Waals surface area contributed by atoms with E-state index < -0.39 is 0 Å². The fourth-order valence-electron chi connectivity index (χ4n) is 5.08. The molecule has 0 N–H and O–H groups in total. The quantitative estimate of drug-likeness (QED) is 0.137. The summed E-state index contributed by atoms with van der Waals surface area (Å²) < 4.78 is 31.2. The lowest BCUT2D eigenvalue weighted by atomic mass is 10.2. The summed E-state index contributed by atoms with van der Waals surface area (Å²) in [4.78, 5) is 3.04. The van der Waals surface area contributed by atoms with Crippen LogP contribution in [-0.2, 0) is 13.1 Å². The number of halogens is 2. The van der Waals surface area contributed by atoms with Crippen LogP contribution in [0.15, 0.2) is 132 Å². The van der Waals surface area contributed by atoms with Gasteiger partial charge in [0.05, 0.1) is 48.0 Å². The molecular weight excluding hydrogens is 679 g/mol. The molecule has 0 amide bonds. The average molecular weight is 703 g/mol. The van der Waals surface area contributed by atoms with Crippen molar-refractivity contribution in [3.05, 3.63) is 144 Å². The molecule has 0 unspecified atom stereocenters. The second-order valence-corrected chi connectivity index (χ2v) is 13.0. The summed E-state index contributed by atoms with van der Waals surface area (Å²) >= 11 is 0. The van der Waals surface area contributed by atoms with E-state index in [1.807, 2.05) is 60.7 Å². The zero-order valence-electron chi connectivity index (χ0n) is 25.9. The van der Waals surface area contributed by atoms with Crippen LogP contribution >= 0.6 is 21.6 Å². The van der Waals surface area contributed by atoms with Crippen LogP contribution in [0.2, 0.25) is 0 Å². The molecule has 16 heteroatoms. The van der Waals surface area contributed by atoms with Crippen molar-refractivity contribution in [2.24, 2.45) is 0 Å². The lowest BCUT2D eigenvalue weighted by Gasteiger charge is -2.11. The van der Waals surface area contributed by atoms with E-state index in [2.05, 4.69) is 41.0 Å². The van der Waals surface area contributed by atoms with Crippen LogP contribution in [0.3, 0.4) is 0 Å². The first-order chi connectivity index (χ1) is 24.6. The van der Waals surface area contributed by atoms with Crippen LogP contribution in [0.1, 0.15) is 11.1 Å². The SMILES string of the molecule is Fc1ccc(-n2ncc(-c3nnn(Cc4ccccc4)n3)c2SSc2c(-c3nnn(Cc4ccccc4)n3)cnn2-c2ccc(F)cc2)cc1. The maximum absolute atomic E-state index is 13.9. The zero-order valence-corrected chi connectivity index (χ0v) is 27.5. The van der Waals surface area contributed by atoms with E-state index in [1.54, 1.807) is 46.0 Å². The summed E-state index contributed by atoms with van der Waals surface area (Å²) in [5, 5.41) is 37.1. The summed E-state index contributed by atoms with van der Waals surface area (Å²) in [7, 11) is 2.73. The Hall–Kier alpha value is -6.00. The molecule has 246 valence electrons. The van der Waals surface area contributed by atoms with Crippen LogP contribution in [0.5, 0.6) is 0 Å². The van der Waals surface area contributed by atoms with Gasteiger partial charge >= 0.3 is 0 Å². The number of rotatable bonds is 11. The molecule has 50 heavy (non-hydrogen) atoms. The molecule has 4 aromatic carbocycles. The fourth-order valence-corrected chi connectivity index (χ4v) is 7.59. The van der Waals surface area contributed by atoms with Gasteiger partial charge in [-0.05, 0) is 91.7 Å². The number of benzene rings is 4. The largest absolute Gasteiger partial charge is 0.226 e. The highest BCUT2D eigenvalue weighted by Crippen LogP contribution is 2.45. The number of tetrazole rings is 2. The molecular formula is C34H24F2N12S2. The Kier molecular flexibility index (Phi) is 8.67. The molecule has 12 nitrogen and oxygen atoms in total. The third-order valence-electron chi connectivity index (χ3n) is 7.51. The first-order valence-corrected chi connectivity index (χ1v) is 17.4. The van der Waals surface area contributed by atoms with Gasteiger partial charge in [0, 0.05) is 0 Å².